The Balaban J connectivity index is 2.22. The quantitative estimate of drug-likeness (QED) is 0.901. The number of carboxylic acid groups (broad SMARTS) is 1. The molecule has 0 spiro atoms. The van der Waals surface area contributed by atoms with Crippen LogP contribution < -0.4 is 5.32 Å². The van der Waals surface area contributed by atoms with Crippen LogP contribution in [0.1, 0.15) is 40.3 Å². The van der Waals surface area contributed by atoms with Crippen molar-refractivity contribution in [2.75, 3.05) is 5.32 Å². The topological polar surface area (TPSA) is 97.1 Å². The van der Waals surface area contributed by atoms with E-state index in [1.54, 1.807) is 13.8 Å². The van der Waals surface area contributed by atoms with E-state index in [4.69, 9.17) is 5.11 Å². The van der Waals surface area contributed by atoms with Crippen LogP contribution in [0.3, 0.4) is 0 Å². The fourth-order valence-electron chi connectivity index (χ4n) is 2.13. The Morgan fingerprint density at radius 3 is 2.55 bits per heavy atom. The lowest BCUT2D eigenvalue weighted by molar-refractivity contribution is -0.119. The van der Waals surface area contributed by atoms with Gasteiger partial charge in [-0.1, -0.05) is 17.3 Å². The van der Waals surface area contributed by atoms with Crippen LogP contribution in [0.2, 0.25) is 0 Å². The summed E-state index contributed by atoms with van der Waals surface area (Å²) >= 11 is 0. The normalized spacial score (nSPS) is 12.0. The number of aryl methyl sites for hydroxylation is 2. The molecule has 0 fully saturated rings. The third-order valence-electron chi connectivity index (χ3n) is 3.53. The standard InChI is InChI=1S/C15H18N4O3/c1-8-5-6-9(2)12(7-8)16-14(20)11(4)19-10(3)13(15(21)22)17-18-19/h5-7,11H,1-4H3,(H,16,20)(H,21,22). The summed E-state index contributed by atoms with van der Waals surface area (Å²) in [4.78, 5) is 23.3. The lowest BCUT2D eigenvalue weighted by Crippen LogP contribution is -2.25. The highest BCUT2D eigenvalue weighted by atomic mass is 16.4. The van der Waals surface area contributed by atoms with Crippen LogP contribution in [0.4, 0.5) is 5.69 Å². The molecule has 0 radical (unpaired) electrons. The molecule has 1 aromatic carbocycles. The summed E-state index contributed by atoms with van der Waals surface area (Å²) in [5, 5.41) is 19.2. The van der Waals surface area contributed by atoms with Crippen molar-refractivity contribution in [2.45, 2.75) is 33.7 Å². The van der Waals surface area contributed by atoms with Gasteiger partial charge in [-0.2, -0.15) is 0 Å². The molecule has 1 amide bonds. The molecule has 0 bridgehead atoms. The average Bonchev–Trinajstić information content (AvgIpc) is 2.83. The number of amides is 1. The molecule has 0 saturated heterocycles. The van der Waals surface area contributed by atoms with Crippen LogP contribution in [-0.2, 0) is 4.79 Å². The lowest BCUT2D eigenvalue weighted by Gasteiger charge is -2.15. The molecule has 7 heteroatoms. The molecule has 116 valence electrons. The van der Waals surface area contributed by atoms with Crippen LogP contribution in [-0.4, -0.2) is 32.0 Å². The van der Waals surface area contributed by atoms with Crippen LogP contribution in [0.25, 0.3) is 0 Å². The number of aromatic nitrogens is 3. The Labute approximate surface area is 128 Å². The van der Waals surface area contributed by atoms with Gasteiger partial charge in [-0.25, -0.2) is 9.48 Å². The molecule has 2 aromatic rings. The molecule has 0 aliphatic heterocycles. The minimum absolute atomic E-state index is 0.147. The van der Waals surface area contributed by atoms with Crippen molar-refractivity contribution < 1.29 is 14.7 Å². The van der Waals surface area contributed by atoms with Crippen LogP contribution in [0, 0.1) is 20.8 Å². The van der Waals surface area contributed by atoms with Crippen molar-refractivity contribution in [3.05, 3.63) is 40.7 Å². The van der Waals surface area contributed by atoms with Crippen molar-refractivity contribution in [1.29, 1.82) is 0 Å². The molecule has 2 rings (SSSR count). The minimum Gasteiger partial charge on any atom is -0.476 e. The maximum atomic E-state index is 12.4. The van der Waals surface area contributed by atoms with Gasteiger partial charge >= 0.3 is 5.97 Å². The van der Waals surface area contributed by atoms with Crippen molar-refractivity contribution in [2.24, 2.45) is 0 Å². The van der Waals surface area contributed by atoms with Gasteiger partial charge < -0.3 is 10.4 Å². The number of carbonyl (C=O) groups excluding carboxylic acids is 1. The molecule has 1 heterocycles. The molecule has 1 aromatic heterocycles. The van der Waals surface area contributed by atoms with E-state index in [1.807, 2.05) is 32.0 Å². The van der Waals surface area contributed by atoms with Crippen molar-refractivity contribution in [3.8, 4) is 0 Å². The fourth-order valence-corrected chi connectivity index (χ4v) is 2.13. The van der Waals surface area contributed by atoms with E-state index in [-0.39, 0.29) is 11.6 Å². The molecule has 7 nitrogen and oxygen atoms in total. The van der Waals surface area contributed by atoms with Crippen molar-refractivity contribution in [3.63, 3.8) is 0 Å². The molecule has 22 heavy (non-hydrogen) atoms. The maximum Gasteiger partial charge on any atom is 0.358 e. The van der Waals surface area contributed by atoms with Gasteiger partial charge in [-0.05, 0) is 44.9 Å². The van der Waals surface area contributed by atoms with Crippen LogP contribution in [0.5, 0.6) is 0 Å². The Morgan fingerprint density at radius 1 is 1.27 bits per heavy atom. The zero-order valence-electron chi connectivity index (χ0n) is 12.9. The highest BCUT2D eigenvalue weighted by Crippen LogP contribution is 2.19. The van der Waals surface area contributed by atoms with Gasteiger partial charge in [0.15, 0.2) is 5.69 Å². The minimum atomic E-state index is -1.16. The number of hydrogen-bond donors (Lipinski definition) is 2. The second-order valence-electron chi connectivity index (χ2n) is 5.26. The smallest absolute Gasteiger partial charge is 0.358 e. The molecular formula is C15H18N4O3. The number of carbonyl (C=O) groups is 2. The number of nitrogens with zero attached hydrogens (tertiary/aromatic N) is 3. The van der Waals surface area contributed by atoms with Gasteiger partial charge in [0, 0.05) is 5.69 Å². The predicted octanol–water partition coefficient (Wildman–Crippen LogP) is 2.10. The average molecular weight is 302 g/mol. The summed E-state index contributed by atoms with van der Waals surface area (Å²) in [6, 6.07) is 5.12. The van der Waals surface area contributed by atoms with E-state index in [9.17, 15) is 9.59 Å². The summed E-state index contributed by atoms with van der Waals surface area (Å²) in [5.41, 5.74) is 2.92. The fraction of sp³-hybridized carbons (Fsp3) is 0.333. The largest absolute Gasteiger partial charge is 0.476 e. The van der Waals surface area contributed by atoms with E-state index in [0.29, 0.717) is 5.69 Å². The van der Waals surface area contributed by atoms with Gasteiger partial charge in [-0.15, -0.1) is 5.10 Å². The number of hydrogen-bond acceptors (Lipinski definition) is 4. The summed E-state index contributed by atoms with van der Waals surface area (Å²) in [6.45, 7) is 7.07. The molecule has 2 N–H and O–H groups in total. The molecule has 0 aliphatic rings. The number of carboxylic acids is 1. The highest BCUT2D eigenvalue weighted by molar-refractivity contribution is 5.94. The molecule has 0 saturated carbocycles. The lowest BCUT2D eigenvalue weighted by atomic mass is 10.1. The first kappa shape index (κ1) is 15.7. The van der Waals surface area contributed by atoms with E-state index >= 15 is 0 Å². The summed E-state index contributed by atoms with van der Waals surface area (Å²) in [5.74, 6) is -1.44. The molecule has 1 unspecified atom stereocenters. The van der Waals surface area contributed by atoms with E-state index in [0.717, 1.165) is 16.8 Å². The first-order valence-electron chi connectivity index (χ1n) is 6.84. The van der Waals surface area contributed by atoms with E-state index in [1.165, 1.54) is 4.68 Å². The third kappa shape index (κ3) is 2.98. The number of nitrogens with one attached hydrogen (secondary N) is 1. The number of anilines is 1. The SMILES string of the molecule is Cc1ccc(C)c(NC(=O)C(C)n2nnc(C(=O)O)c2C)c1. The van der Waals surface area contributed by atoms with E-state index in [2.05, 4.69) is 15.6 Å². The Hall–Kier alpha value is -2.70. The Bertz CT molecular complexity index is 736. The van der Waals surface area contributed by atoms with Gasteiger partial charge in [0.05, 0.1) is 5.69 Å². The monoisotopic (exact) mass is 302 g/mol. The third-order valence-corrected chi connectivity index (χ3v) is 3.53. The van der Waals surface area contributed by atoms with Crippen LogP contribution in [0.15, 0.2) is 18.2 Å². The first-order chi connectivity index (χ1) is 10.3. The maximum absolute atomic E-state index is 12.4. The van der Waals surface area contributed by atoms with E-state index < -0.39 is 12.0 Å². The molecule has 0 aliphatic carbocycles. The number of aromatic carboxylic acids is 1. The second kappa shape index (κ2) is 5.97. The second-order valence-corrected chi connectivity index (χ2v) is 5.26. The Morgan fingerprint density at radius 2 is 1.95 bits per heavy atom. The summed E-state index contributed by atoms with van der Waals surface area (Å²) in [7, 11) is 0. The molecular weight excluding hydrogens is 284 g/mol. The summed E-state index contributed by atoms with van der Waals surface area (Å²) < 4.78 is 1.31. The molecule has 1 atom stereocenters. The Kier molecular flexibility index (Phi) is 4.25. The van der Waals surface area contributed by atoms with Crippen molar-refractivity contribution >= 4 is 17.6 Å². The van der Waals surface area contributed by atoms with Gasteiger partial charge in [0.25, 0.3) is 0 Å². The predicted molar refractivity (Wildman–Crippen MR) is 81.0 cm³/mol. The zero-order chi connectivity index (χ0) is 16.4. The van der Waals surface area contributed by atoms with Gasteiger partial charge in [0.2, 0.25) is 5.91 Å². The summed E-state index contributed by atoms with van der Waals surface area (Å²) in [6.07, 6.45) is 0. The van der Waals surface area contributed by atoms with Crippen LogP contribution >= 0.6 is 0 Å². The van der Waals surface area contributed by atoms with Gasteiger partial charge in [0.1, 0.15) is 6.04 Å². The zero-order valence-corrected chi connectivity index (χ0v) is 12.9. The van der Waals surface area contributed by atoms with Crippen molar-refractivity contribution in [1.82, 2.24) is 15.0 Å². The first-order valence-corrected chi connectivity index (χ1v) is 6.84. The number of rotatable bonds is 4. The number of benzene rings is 1. The highest BCUT2D eigenvalue weighted by Gasteiger charge is 2.23. The van der Waals surface area contributed by atoms with Gasteiger partial charge in [-0.3, -0.25) is 4.79 Å².